The summed E-state index contributed by atoms with van der Waals surface area (Å²) in [7, 11) is -3.29. The lowest BCUT2D eigenvalue weighted by Crippen LogP contribution is -2.42. The summed E-state index contributed by atoms with van der Waals surface area (Å²) in [4.78, 5) is 16.8. The first-order chi connectivity index (χ1) is 13.6. The molecule has 154 valence electrons. The van der Waals surface area contributed by atoms with E-state index in [2.05, 4.69) is 28.3 Å². The lowest BCUT2D eigenvalue weighted by Gasteiger charge is -2.38. The van der Waals surface area contributed by atoms with Gasteiger partial charge >= 0.3 is 0 Å². The maximum atomic E-state index is 12.2. The Kier molecular flexibility index (Phi) is 4.64. The molecule has 7 nitrogen and oxygen atoms in total. The Labute approximate surface area is 171 Å². The van der Waals surface area contributed by atoms with Crippen molar-refractivity contribution in [2.45, 2.75) is 52.1 Å². The fourth-order valence-electron chi connectivity index (χ4n) is 4.16. The van der Waals surface area contributed by atoms with Crippen LogP contribution in [0.1, 0.15) is 42.5 Å². The number of benzene rings is 1. The van der Waals surface area contributed by atoms with Crippen molar-refractivity contribution in [2.24, 2.45) is 5.92 Å². The predicted molar refractivity (Wildman–Crippen MR) is 114 cm³/mol. The highest BCUT2D eigenvalue weighted by atomic mass is 32.2. The fraction of sp³-hybridized carbons (Fsp3) is 0.476. The van der Waals surface area contributed by atoms with Gasteiger partial charge in [0.1, 0.15) is 5.82 Å². The number of aryl methyl sites for hydroxylation is 3. The molecule has 29 heavy (non-hydrogen) atoms. The summed E-state index contributed by atoms with van der Waals surface area (Å²) < 4.78 is 26.6. The van der Waals surface area contributed by atoms with Gasteiger partial charge in [0.05, 0.1) is 22.0 Å². The molecule has 4 rings (SSSR count). The third kappa shape index (κ3) is 3.29. The molecule has 3 aromatic rings. The zero-order valence-corrected chi connectivity index (χ0v) is 18.6. The molecule has 0 amide bonds. The molecule has 1 atom stereocenters. The number of nitrogens with zero attached hydrogens (tertiary/aromatic N) is 5. The van der Waals surface area contributed by atoms with Crippen LogP contribution in [0.15, 0.2) is 23.2 Å². The Balaban J connectivity index is 1.88. The second-order valence-electron chi connectivity index (χ2n) is 8.32. The minimum absolute atomic E-state index is 0.0141. The molecule has 1 aliphatic heterocycles. The summed E-state index contributed by atoms with van der Waals surface area (Å²) in [5, 5.41) is 0. The van der Waals surface area contributed by atoms with E-state index in [-0.39, 0.29) is 12.0 Å². The number of sulfone groups is 1. The topological polar surface area (TPSA) is 81.0 Å². The summed E-state index contributed by atoms with van der Waals surface area (Å²) in [6.45, 7) is 11.6. The second kappa shape index (κ2) is 6.79. The minimum atomic E-state index is -3.29. The lowest BCUT2D eigenvalue weighted by molar-refractivity contribution is 0.387. The van der Waals surface area contributed by atoms with Crippen LogP contribution in [0.4, 0.5) is 5.95 Å². The molecule has 1 aliphatic rings. The van der Waals surface area contributed by atoms with Gasteiger partial charge in [0.15, 0.2) is 9.84 Å². The first kappa shape index (κ1) is 19.8. The fourth-order valence-corrected chi connectivity index (χ4v) is 5.13. The van der Waals surface area contributed by atoms with Crippen molar-refractivity contribution >= 4 is 26.8 Å². The molecule has 1 aromatic carbocycles. The van der Waals surface area contributed by atoms with Crippen molar-refractivity contribution < 1.29 is 8.42 Å². The molecule has 0 saturated heterocycles. The summed E-state index contributed by atoms with van der Waals surface area (Å²) >= 11 is 0. The van der Waals surface area contributed by atoms with Crippen molar-refractivity contribution in [3.05, 3.63) is 41.0 Å². The number of imidazole rings is 1. The summed E-state index contributed by atoms with van der Waals surface area (Å²) in [6, 6.07) is 3.67. The molecular formula is C21H27N5O2S. The number of rotatable bonds is 3. The van der Waals surface area contributed by atoms with Crippen molar-refractivity contribution in [1.82, 2.24) is 19.5 Å². The van der Waals surface area contributed by atoms with Crippen LogP contribution in [0.5, 0.6) is 0 Å². The van der Waals surface area contributed by atoms with Crippen molar-refractivity contribution in [3.63, 3.8) is 0 Å². The molecule has 0 bridgehead atoms. The zero-order valence-electron chi connectivity index (χ0n) is 17.8. The Morgan fingerprint density at radius 2 is 1.79 bits per heavy atom. The third-order valence-corrected chi connectivity index (χ3v) is 6.98. The highest BCUT2D eigenvalue weighted by molar-refractivity contribution is 7.90. The maximum Gasteiger partial charge on any atom is 0.226 e. The Morgan fingerprint density at radius 1 is 1.07 bits per heavy atom. The normalized spacial score (nSPS) is 17.2. The lowest BCUT2D eigenvalue weighted by atomic mass is 10.00. The second-order valence-corrected chi connectivity index (χ2v) is 10.3. The molecule has 0 spiro atoms. The molecular weight excluding hydrogens is 386 g/mol. The van der Waals surface area contributed by atoms with Crippen LogP contribution in [0, 0.1) is 26.7 Å². The van der Waals surface area contributed by atoms with E-state index in [4.69, 9.17) is 9.97 Å². The first-order valence-electron chi connectivity index (χ1n) is 9.85. The number of hydrogen-bond acceptors (Lipinski definition) is 6. The van der Waals surface area contributed by atoms with E-state index in [1.54, 1.807) is 6.07 Å². The van der Waals surface area contributed by atoms with E-state index < -0.39 is 9.84 Å². The van der Waals surface area contributed by atoms with Crippen LogP contribution in [0.2, 0.25) is 0 Å². The average molecular weight is 414 g/mol. The van der Waals surface area contributed by atoms with Crippen molar-refractivity contribution in [1.29, 1.82) is 0 Å². The summed E-state index contributed by atoms with van der Waals surface area (Å²) in [5.41, 5.74) is 4.48. The number of fused-ring (bicyclic) bond motifs is 3. The minimum Gasteiger partial charge on any atom is -0.329 e. The molecule has 3 heterocycles. The van der Waals surface area contributed by atoms with Crippen LogP contribution in [0.25, 0.3) is 11.0 Å². The molecule has 8 heteroatoms. The van der Waals surface area contributed by atoms with E-state index in [0.29, 0.717) is 11.4 Å². The summed E-state index contributed by atoms with van der Waals surface area (Å²) in [5.74, 6) is 1.94. The molecule has 0 unspecified atom stereocenters. The average Bonchev–Trinajstić information content (AvgIpc) is 2.98. The van der Waals surface area contributed by atoms with Gasteiger partial charge in [-0.3, -0.25) is 0 Å². The first-order valence-corrected chi connectivity index (χ1v) is 11.7. The molecule has 2 aromatic heterocycles. The zero-order chi connectivity index (χ0) is 21.1. The molecule has 0 aliphatic carbocycles. The van der Waals surface area contributed by atoms with Crippen LogP contribution >= 0.6 is 0 Å². The Bertz CT molecular complexity index is 1210. The van der Waals surface area contributed by atoms with Gasteiger partial charge in [-0.2, -0.15) is 0 Å². The van der Waals surface area contributed by atoms with Gasteiger partial charge in [0.2, 0.25) is 5.95 Å². The van der Waals surface area contributed by atoms with Crippen LogP contribution in [-0.2, 0) is 16.4 Å². The van der Waals surface area contributed by atoms with Gasteiger partial charge in [0.25, 0.3) is 0 Å². The standard InChI is InChI=1S/C21H27N5O2S/c1-12(2)19-20-24-16-9-13(3)18(29(6,27)28)10-17(16)25(20)7-8-26(19)21-22-11-14(4)15(5)23-21/h9-12,19H,7-8H2,1-6H3/t19-/m1/s1. The van der Waals surface area contributed by atoms with Crippen LogP contribution in [0.3, 0.4) is 0 Å². The van der Waals surface area contributed by atoms with Gasteiger partial charge < -0.3 is 9.47 Å². The Morgan fingerprint density at radius 3 is 2.41 bits per heavy atom. The SMILES string of the molecule is Cc1cc2nc3n(c2cc1S(C)(=O)=O)CCN(c1ncc(C)c(C)n1)[C@@H]3C(C)C. The van der Waals surface area contributed by atoms with E-state index in [1.165, 1.54) is 6.26 Å². The highest BCUT2D eigenvalue weighted by Crippen LogP contribution is 2.37. The largest absolute Gasteiger partial charge is 0.329 e. The van der Waals surface area contributed by atoms with Crippen molar-refractivity contribution in [3.8, 4) is 0 Å². The van der Waals surface area contributed by atoms with Crippen molar-refractivity contribution in [2.75, 3.05) is 17.7 Å². The molecule has 0 saturated carbocycles. The highest BCUT2D eigenvalue weighted by Gasteiger charge is 2.34. The maximum absolute atomic E-state index is 12.2. The van der Waals surface area contributed by atoms with Gasteiger partial charge in [-0.15, -0.1) is 0 Å². The number of anilines is 1. The predicted octanol–water partition coefficient (Wildman–Crippen LogP) is 3.37. The van der Waals surface area contributed by atoms with E-state index in [0.717, 1.165) is 46.2 Å². The van der Waals surface area contributed by atoms with Gasteiger partial charge in [-0.1, -0.05) is 13.8 Å². The molecule has 0 fully saturated rings. The van der Waals surface area contributed by atoms with Gasteiger partial charge in [-0.05, 0) is 49.9 Å². The molecule has 0 N–H and O–H groups in total. The van der Waals surface area contributed by atoms with Gasteiger partial charge in [0, 0.05) is 31.2 Å². The smallest absolute Gasteiger partial charge is 0.226 e. The number of hydrogen-bond donors (Lipinski definition) is 0. The quantitative estimate of drug-likeness (QED) is 0.655. The van der Waals surface area contributed by atoms with Crippen LogP contribution < -0.4 is 4.90 Å². The third-order valence-electron chi connectivity index (χ3n) is 5.74. The van der Waals surface area contributed by atoms with E-state index in [9.17, 15) is 8.42 Å². The summed E-state index contributed by atoms with van der Waals surface area (Å²) in [6.07, 6.45) is 3.12. The monoisotopic (exact) mass is 413 g/mol. The number of aromatic nitrogens is 4. The van der Waals surface area contributed by atoms with E-state index in [1.807, 2.05) is 33.0 Å². The van der Waals surface area contributed by atoms with E-state index >= 15 is 0 Å². The van der Waals surface area contributed by atoms with Gasteiger partial charge in [-0.25, -0.2) is 23.4 Å². The molecule has 0 radical (unpaired) electrons. The Hall–Kier alpha value is -2.48. The van der Waals surface area contributed by atoms with Crippen LogP contribution in [-0.4, -0.2) is 40.7 Å².